The van der Waals surface area contributed by atoms with Crippen LogP contribution in [-0.2, 0) is 0 Å². The van der Waals surface area contributed by atoms with Gasteiger partial charge >= 0.3 is 0 Å². The Morgan fingerprint density at radius 1 is 0.383 bits per heavy atom. The van der Waals surface area contributed by atoms with Crippen LogP contribution in [0.3, 0.4) is 0 Å². The van der Waals surface area contributed by atoms with E-state index in [9.17, 15) is 0 Å². The molecule has 0 aliphatic rings. The van der Waals surface area contributed by atoms with Crippen molar-refractivity contribution in [1.82, 2.24) is 4.57 Å². The summed E-state index contributed by atoms with van der Waals surface area (Å²) in [6.45, 7) is 0. The van der Waals surface area contributed by atoms with Crippen molar-refractivity contribution < 1.29 is 0 Å². The normalized spacial score (nSPS) is 11.0. The van der Waals surface area contributed by atoms with Gasteiger partial charge in [0, 0.05) is 42.1 Å². The molecule has 9 aromatic rings. The highest BCUT2D eigenvalue weighted by Crippen LogP contribution is 2.46. The molecule has 0 saturated heterocycles. The average Bonchev–Trinajstić information content (AvgIpc) is 3.69. The Hall–Kier alpha value is -4.31. The third kappa shape index (κ3) is 5.26. The SMILES string of the molecule is PS.S.c1ccc(-c2cccc3c2sc2c(-c4ccccc4-c4ccccc4-n4c5ccccc5c5ccccc54)cccc23)cc1. The van der Waals surface area contributed by atoms with E-state index in [1.165, 1.54) is 81.0 Å². The second-order valence-electron chi connectivity index (χ2n) is 11.3. The molecule has 0 aliphatic carbocycles. The van der Waals surface area contributed by atoms with Gasteiger partial charge in [-0.2, -0.15) is 25.7 Å². The summed E-state index contributed by atoms with van der Waals surface area (Å²) < 4.78 is 5.10. The number of fused-ring (bicyclic) bond motifs is 6. The van der Waals surface area contributed by atoms with E-state index in [4.69, 9.17) is 0 Å². The molecule has 7 aromatic carbocycles. The van der Waals surface area contributed by atoms with Crippen LogP contribution in [0.1, 0.15) is 0 Å². The van der Waals surface area contributed by atoms with Crippen LogP contribution in [0, 0.1) is 0 Å². The second kappa shape index (κ2) is 13.4. The fourth-order valence-electron chi connectivity index (χ4n) is 6.91. The van der Waals surface area contributed by atoms with Crippen molar-refractivity contribution in [2.24, 2.45) is 0 Å². The summed E-state index contributed by atoms with van der Waals surface area (Å²) in [6.07, 6.45) is 0. The van der Waals surface area contributed by atoms with Gasteiger partial charge in [0.25, 0.3) is 0 Å². The van der Waals surface area contributed by atoms with Gasteiger partial charge in [-0.15, -0.1) is 11.3 Å². The number of thiol groups is 1. The van der Waals surface area contributed by atoms with Crippen LogP contribution in [-0.4, -0.2) is 4.57 Å². The number of rotatable bonds is 4. The van der Waals surface area contributed by atoms with Crippen molar-refractivity contribution in [2.45, 2.75) is 0 Å². The zero-order chi connectivity index (χ0) is 31.0. The van der Waals surface area contributed by atoms with Gasteiger partial charge in [-0.25, -0.2) is 0 Å². The van der Waals surface area contributed by atoms with Crippen molar-refractivity contribution in [1.29, 1.82) is 0 Å². The summed E-state index contributed by atoms with van der Waals surface area (Å²) in [7, 11) is 2.11. The van der Waals surface area contributed by atoms with Gasteiger partial charge in [-0.3, -0.25) is 0 Å². The first-order chi connectivity index (χ1) is 22.9. The predicted octanol–water partition coefficient (Wildman–Crippen LogP) is 13.0. The maximum Gasteiger partial charge on any atom is 0.0541 e. The van der Waals surface area contributed by atoms with Crippen LogP contribution in [0.5, 0.6) is 0 Å². The molecule has 0 aliphatic heterocycles. The number of thiophene rings is 1. The minimum atomic E-state index is 0. The lowest BCUT2D eigenvalue weighted by molar-refractivity contribution is 1.18. The molecule has 2 aromatic heterocycles. The molecule has 5 heteroatoms. The summed E-state index contributed by atoms with van der Waals surface area (Å²) in [5.41, 5.74) is 11.2. The van der Waals surface area contributed by atoms with E-state index in [1.807, 2.05) is 11.3 Å². The number of benzene rings is 7. The minimum Gasteiger partial charge on any atom is -0.309 e. The largest absolute Gasteiger partial charge is 0.309 e. The van der Waals surface area contributed by atoms with Crippen LogP contribution in [0.4, 0.5) is 0 Å². The fraction of sp³-hybridized carbons (Fsp3) is 0. The molecule has 1 nitrogen and oxygen atoms in total. The first kappa shape index (κ1) is 31.3. The summed E-state index contributed by atoms with van der Waals surface area (Å²) in [5, 5.41) is 5.17. The molecule has 0 saturated carbocycles. The molecule has 0 fully saturated rings. The van der Waals surface area contributed by atoms with Gasteiger partial charge in [0.1, 0.15) is 0 Å². The Bertz CT molecular complexity index is 2460. The first-order valence-corrected chi connectivity index (χ1v) is 18.2. The minimum absolute atomic E-state index is 0. The average molecular weight is 678 g/mol. The summed E-state index contributed by atoms with van der Waals surface area (Å²) in [4.78, 5) is 0. The summed E-state index contributed by atoms with van der Waals surface area (Å²) >= 11 is 5.35. The van der Waals surface area contributed by atoms with Gasteiger partial charge < -0.3 is 4.57 Å². The lowest BCUT2D eigenvalue weighted by Gasteiger charge is -2.17. The van der Waals surface area contributed by atoms with Crippen LogP contribution < -0.4 is 0 Å². The van der Waals surface area contributed by atoms with Gasteiger partial charge in [0.2, 0.25) is 0 Å². The zero-order valence-corrected chi connectivity index (χ0v) is 29.3. The van der Waals surface area contributed by atoms with E-state index < -0.39 is 0 Å². The van der Waals surface area contributed by atoms with Crippen molar-refractivity contribution in [3.63, 3.8) is 0 Å². The Labute approximate surface area is 293 Å². The molecule has 0 N–H and O–H groups in total. The number of hydrogen-bond donors (Lipinski definition) is 1. The number of aromatic nitrogens is 1. The Morgan fingerprint density at radius 3 is 1.45 bits per heavy atom. The number of hydrogen-bond acceptors (Lipinski definition) is 2. The van der Waals surface area contributed by atoms with Crippen molar-refractivity contribution in [3.8, 4) is 39.1 Å². The molecule has 0 radical (unpaired) electrons. The Balaban J connectivity index is 0.00000115. The molecular formula is C42H32NPS3. The molecule has 2 heterocycles. The highest BCUT2D eigenvalue weighted by atomic mass is 32.7. The maximum atomic E-state index is 3.44. The van der Waals surface area contributed by atoms with Gasteiger partial charge in [0.15, 0.2) is 0 Å². The number of nitrogens with zero attached hydrogens (tertiary/aromatic N) is 1. The molecule has 1 unspecified atom stereocenters. The fourth-order valence-corrected chi connectivity index (χ4v) is 8.27. The zero-order valence-electron chi connectivity index (χ0n) is 25.5. The smallest absolute Gasteiger partial charge is 0.0541 e. The quantitative estimate of drug-likeness (QED) is 0.140. The highest BCUT2D eigenvalue weighted by Gasteiger charge is 2.19. The van der Waals surface area contributed by atoms with E-state index in [0.29, 0.717) is 0 Å². The van der Waals surface area contributed by atoms with Crippen molar-refractivity contribution in [2.75, 3.05) is 0 Å². The van der Waals surface area contributed by atoms with E-state index in [1.54, 1.807) is 0 Å². The van der Waals surface area contributed by atoms with Crippen LogP contribution in [0.2, 0.25) is 0 Å². The van der Waals surface area contributed by atoms with Crippen LogP contribution in [0.15, 0.2) is 164 Å². The Morgan fingerprint density at radius 2 is 0.809 bits per heavy atom. The third-order valence-corrected chi connectivity index (χ3v) is 10.1. The third-order valence-electron chi connectivity index (χ3n) is 8.84. The molecule has 0 amide bonds. The number of para-hydroxylation sites is 3. The van der Waals surface area contributed by atoms with Gasteiger partial charge in [-0.05, 0) is 40.5 Å². The molecular weight excluding hydrogens is 646 g/mol. The van der Waals surface area contributed by atoms with Gasteiger partial charge in [-0.1, -0.05) is 154 Å². The molecule has 0 bridgehead atoms. The highest BCUT2D eigenvalue weighted by molar-refractivity contribution is 8.31. The van der Waals surface area contributed by atoms with Crippen molar-refractivity contribution in [3.05, 3.63) is 164 Å². The van der Waals surface area contributed by atoms with Gasteiger partial charge in [0.05, 0.1) is 16.7 Å². The van der Waals surface area contributed by atoms with Crippen LogP contribution >= 0.6 is 45.5 Å². The van der Waals surface area contributed by atoms with Crippen LogP contribution in [0.25, 0.3) is 81.0 Å². The second-order valence-corrected chi connectivity index (χ2v) is 12.3. The lowest BCUT2D eigenvalue weighted by atomic mass is 9.92. The molecule has 228 valence electrons. The van der Waals surface area contributed by atoms with Crippen molar-refractivity contribution >= 4 is 87.5 Å². The molecule has 9 rings (SSSR count). The summed E-state index contributed by atoms with van der Waals surface area (Å²) in [5.74, 6) is 0. The van der Waals surface area contributed by atoms with E-state index in [-0.39, 0.29) is 13.5 Å². The first-order valence-electron chi connectivity index (χ1n) is 15.3. The molecule has 47 heavy (non-hydrogen) atoms. The molecule has 1 atom stereocenters. The topological polar surface area (TPSA) is 4.93 Å². The molecule has 0 spiro atoms. The van der Waals surface area contributed by atoms with E-state index in [2.05, 4.69) is 189 Å². The monoisotopic (exact) mass is 677 g/mol. The standard InChI is InChI=1S/C42H27NS.H3PS.H2S/c1-2-14-28(15-3-1)29-21-12-23-36-37-24-13-22-35(42(37)44-41(29)36)31-17-5-4-16-30(31)32-18-6-9-25-38(32)43-39-26-10-7-19-33(39)34-20-8-11-27-40(34)43;1-2;/h1-27H;2H,1H2;1H2. The summed E-state index contributed by atoms with van der Waals surface area (Å²) in [6, 6.07) is 59.5. The van der Waals surface area contributed by atoms with E-state index >= 15 is 0 Å². The maximum absolute atomic E-state index is 3.44. The Kier molecular flexibility index (Phi) is 8.94. The van der Waals surface area contributed by atoms with E-state index in [0.717, 1.165) is 0 Å². The predicted molar refractivity (Wildman–Crippen MR) is 219 cm³/mol. The lowest BCUT2D eigenvalue weighted by Crippen LogP contribution is -1.98.